The van der Waals surface area contributed by atoms with Gasteiger partial charge in [-0.3, -0.25) is 9.80 Å². The highest BCUT2D eigenvalue weighted by atomic mass is 19.4. The fraction of sp³-hybridized carbons (Fsp3) is 0.552. The predicted molar refractivity (Wildman–Crippen MR) is 134 cm³/mol. The molecule has 2 fully saturated rings. The van der Waals surface area contributed by atoms with Gasteiger partial charge in [0, 0.05) is 32.2 Å². The minimum Gasteiger partial charge on any atom is -0.298 e. The maximum absolute atomic E-state index is 13.8. The molecule has 2 aromatic rings. The zero-order valence-corrected chi connectivity index (χ0v) is 22.7. The van der Waals surface area contributed by atoms with Crippen LogP contribution in [0.5, 0.6) is 0 Å². The highest BCUT2D eigenvalue weighted by molar-refractivity contribution is 5.41. The van der Waals surface area contributed by atoms with E-state index in [4.69, 9.17) is 0 Å². The Bertz CT molecular complexity index is 1200. The molecule has 1 radical (unpaired) electrons. The average Bonchev–Trinajstić information content (AvgIpc) is 2.91. The number of halogens is 12. The molecule has 4 rings (SSSR count). The summed E-state index contributed by atoms with van der Waals surface area (Å²) in [6.45, 7) is 4.78. The van der Waals surface area contributed by atoms with Gasteiger partial charge in [-0.1, -0.05) is 19.3 Å². The van der Waals surface area contributed by atoms with Gasteiger partial charge in [0.2, 0.25) is 0 Å². The molecule has 1 saturated heterocycles. The van der Waals surface area contributed by atoms with Crippen LogP contribution in [0.1, 0.15) is 65.5 Å². The van der Waals surface area contributed by atoms with Crippen molar-refractivity contribution in [2.24, 2.45) is 0 Å². The van der Waals surface area contributed by atoms with Gasteiger partial charge in [-0.2, -0.15) is 52.7 Å². The Labute approximate surface area is 240 Å². The highest BCUT2D eigenvalue weighted by Crippen LogP contribution is 2.43. The molecule has 2 nitrogen and oxygen atoms in total. The summed E-state index contributed by atoms with van der Waals surface area (Å²) in [5.74, 6) is 0. The number of alkyl halides is 12. The summed E-state index contributed by atoms with van der Waals surface area (Å²) in [5.41, 5.74) is -9.90. The zero-order chi connectivity index (χ0) is 32.0. The maximum atomic E-state index is 13.8. The van der Waals surface area contributed by atoms with Crippen LogP contribution in [-0.4, -0.2) is 42.0 Å². The first kappa shape index (κ1) is 33.4. The molecule has 0 amide bonds. The molecule has 0 N–H and O–H groups in total. The fourth-order valence-electron chi connectivity index (χ4n) is 6.04. The summed E-state index contributed by atoms with van der Waals surface area (Å²) in [6.07, 6.45) is -16.8. The first-order valence-corrected chi connectivity index (χ1v) is 13.6. The third kappa shape index (κ3) is 7.79. The van der Waals surface area contributed by atoms with E-state index in [-0.39, 0.29) is 31.3 Å². The largest absolute Gasteiger partial charge is 0.416 e. The van der Waals surface area contributed by atoms with Crippen LogP contribution in [0.4, 0.5) is 52.7 Å². The molecule has 2 aliphatic rings. The minimum absolute atomic E-state index is 0.0721. The molecule has 14 heteroatoms. The van der Waals surface area contributed by atoms with Crippen molar-refractivity contribution < 1.29 is 52.7 Å². The van der Waals surface area contributed by atoms with Crippen LogP contribution in [0, 0.1) is 6.92 Å². The lowest BCUT2D eigenvalue weighted by Gasteiger charge is -2.48. The van der Waals surface area contributed by atoms with Crippen LogP contribution in [0.15, 0.2) is 36.4 Å². The number of piperazine rings is 1. The third-order valence-corrected chi connectivity index (χ3v) is 8.28. The van der Waals surface area contributed by atoms with Gasteiger partial charge in [0.25, 0.3) is 0 Å². The first-order chi connectivity index (χ1) is 19.7. The standard InChI is InChI=1S/C29H29F12N2/c1-25(43-9-7-42(8-10-43)24-5-3-2-4-6-24,19-13-22(28(36,37)38)16-23(14-19)29(39,40)41)17-18-11-20(26(30,31)32)15-21(12-18)27(33,34)35/h11-16,24H,1-10,17H2. The smallest absolute Gasteiger partial charge is 0.298 e. The zero-order valence-electron chi connectivity index (χ0n) is 22.7. The minimum atomic E-state index is -5.23. The summed E-state index contributed by atoms with van der Waals surface area (Å²) in [6, 6.07) is 1.78. The van der Waals surface area contributed by atoms with Crippen LogP contribution in [0.25, 0.3) is 0 Å². The second-order valence-electron chi connectivity index (χ2n) is 11.2. The van der Waals surface area contributed by atoms with Crippen molar-refractivity contribution in [3.05, 3.63) is 76.7 Å². The molecule has 239 valence electrons. The molecule has 0 spiro atoms. The van der Waals surface area contributed by atoms with Gasteiger partial charge in [0.05, 0.1) is 27.8 Å². The van der Waals surface area contributed by atoms with E-state index in [1.807, 2.05) is 0 Å². The summed E-state index contributed by atoms with van der Waals surface area (Å²) < 4.78 is 164. The predicted octanol–water partition coefficient (Wildman–Crippen LogP) is 8.98. The third-order valence-electron chi connectivity index (χ3n) is 8.28. The molecule has 1 saturated carbocycles. The van der Waals surface area contributed by atoms with Crippen molar-refractivity contribution in [3.63, 3.8) is 0 Å². The lowest BCUT2D eigenvalue weighted by atomic mass is 9.81. The fourth-order valence-corrected chi connectivity index (χ4v) is 6.04. The lowest BCUT2D eigenvalue weighted by Crippen LogP contribution is -2.57. The summed E-state index contributed by atoms with van der Waals surface area (Å²) in [4.78, 5) is 3.60. The Balaban J connectivity index is 1.83. The average molecular weight is 634 g/mol. The van der Waals surface area contributed by atoms with Gasteiger partial charge in [-0.05, 0) is 73.7 Å². The molecule has 43 heavy (non-hydrogen) atoms. The van der Waals surface area contributed by atoms with E-state index in [1.54, 1.807) is 0 Å². The van der Waals surface area contributed by atoms with Crippen LogP contribution >= 0.6 is 0 Å². The van der Waals surface area contributed by atoms with E-state index in [1.165, 1.54) is 4.90 Å². The van der Waals surface area contributed by atoms with Gasteiger partial charge in [0.1, 0.15) is 0 Å². The van der Waals surface area contributed by atoms with Gasteiger partial charge in [-0.15, -0.1) is 0 Å². The second-order valence-corrected chi connectivity index (χ2v) is 11.2. The number of hydrogen-bond acceptors (Lipinski definition) is 2. The Kier molecular flexibility index (Phi) is 9.16. The summed E-state index contributed by atoms with van der Waals surface area (Å²) in [5, 5.41) is 0. The van der Waals surface area contributed by atoms with Crippen LogP contribution in [0.3, 0.4) is 0 Å². The van der Waals surface area contributed by atoms with Crippen molar-refractivity contribution in [2.45, 2.75) is 74.8 Å². The van der Waals surface area contributed by atoms with E-state index in [0.717, 1.165) is 32.1 Å². The molecule has 0 bridgehead atoms. The number of nitrogens with zero attached hydrogens (tertiary/aromatic N) is 2. The molecule has 2 aromatic carbocycles. The van der Waals surface area contributed by atoms with Crippen LogP contribution in [0.2, 0.25) is 0 Å². The Morgan fingerprint density at radius 2 is 0.907 bits per heavy atom. The molecule has 1 aliphatic heterocycles. The molecular formula is C29H29F12N2. The molecule has 1 unspecified atom stereocenters. The monoisotopic (exact) mass is 633 g/mol. The van der Waals surface area contributed by atoms with Crippen molar-refractivity contribution in [2.75, 3.05) is 26.2 Å². The summed E-state index contributed by atoms with van der Waals surface area (Å²) >= 11 is 0. The van der Waals surface area contributed by atoms with E-state index in [2.05, 4.69) is 11.8 Å². The van der Waals surface area contributed by atoms with Gasteiger partial charge in [-0.25, -0.2) is 0 Å². The number of hydrogen-bond donors (Lipinski definition) is 0. The Morgan fingerprint density at radius 1 is 0.535 bits per heavy atom. The molecule has 0 aromatic heterocycles. The van der Waals surface area contributed by atoms with Crippen molar-refractivity contribution in [1.29, 1.82) is 0 Å². The SMILES string of the molecule is [CH2]C(Cc1cc(C(F)(F)F)cc(C(F)(F)F)c1)(c1cc(C(F)(F)F)cc(C(F)(F)F)c1)N1CCN(C2CCCCC2)CC1. The van der Waals surface area contributed by atoms with E-state index < -0.39 is 70.0 Å². The van der Waals surface area contributed by atoms with Crippen LogP contribution < -0.4 is 0 Å². The van der Waals surface area contributed by atoms with Crippen molar-refractivity contribution in [1.82, 2.24) is 9.80 Å². The molecule has 1 atom stereocenters. The van der Waals surface area contributed by atoms with E-state index in [0.29, 0.717) is 37.4 Å². The lowest BCUT2D eigenvalue weighted by molar-refractivity contribution is -0.145. The number of benzene rings is 2. The first-order valence-electron chi connectivity index (χ1n) is 13.6. The van der Waals surface area contributed by atoms with E-state index >= 15 is 0 Å². The van der Waals surface area contributed by atoms with Gasteiger partial charge < -0.3 is 0 Å². The normalized spacial score (nSPS) is 20.3. The summed E-state index contributed by atoms with van der Waals surface area (Å²) in [7, 11) is 0. The Morgan fingerprint density at radius 3 is 1.30 bits per heavy atom. The van der Waals surface area contributed by atoms with E-state index in [9.17, 15) is 52.7 Å². The molecular weight excluding hydrogens is 604 g/mol. The van der Waals surface area contributed by atoms with Crippen LogP contribution in [-0.2, 0) is 36.7 Å². The molecule has 1 heterocycles. The highest BCUT2D eigenvalue weighted by Gasteiger charge is 2.44. The van der Waals surface area contributed by atoms with Gasteiger partial charge >= 0.3 is 24.7 Å². The van der Waals surface area contributed by atoms with Crippen molar-refractivity contribution in [3.8, 4) is 0 Å². The van der Waals surface area contributed by atoms with Crippen molar-refractivity contribution >= 4 is 0 Å². The molecule has 1 aliphatic carbocycles. The number of rotatable bonds is 5. The Hall–Kier alpha value is -2.48. The second kappa shape index (κ2) is 11.8. The quantitative estimate of drug-likeness (QED) is 0.304. The maximum Gasteiger partial charge on any atom is 0.416 e. The van der Waals surface area contributed by atoms with Gasteiger partial charge in [0.15, 0.2) is 0 Å². The topological polar surface area (TPSA) is 6.48 Å².